The van der Waals surface area contributed by atoms with Crippen LogP contribution in [0.15, 0.2) is 46.9 Å². The van der Waals surface area contributed by atoms with Crippen LogP contribution in [-0.2, 0) is 6.18 Å². The maximum absolute atomic E-state index is 13.9. The molecule has 0 aliphatic rings. The molecule has 3 aromatic carbocycles. The number of amides is 1. The average molecular weight is 604 g/mol. The molecular formula is C23H13BrClF5N4O3. The molecule has 1 aromatic heterocycles. The number of hydrogen-bond donors (Lipinski definition) is 2. The summed E-state index contributed by atoms with van der Waals surface area (Å²) in [5.41, 5.74) is 3.94. The van der Waals surface area contributed by atoms with Gasteiger partial charge in [-0.15, -0.1) is 5.10 Å². The number of carbonyl (C=O) groups excluding carboxylic acids is 2. The Morgan fingerprint density at radius 1 is 1.11 bits per heavy atom. The first-order valence-corrected chi connectivity index (χ1v) is 11.3. The van der Waals surface area contributed by atoms with Crippen molar-refractivity contribution in [3.05, 3.63) is 74.7 Å². The van der Waals surface area contributed by atoms with Gasteiger partial charge in [0.1, 0.15) is 17.4 Å². The molecule has 4 rings (SSSR count). The first-order chi connectivity index (χ1) is 17.3. The van der Waals surface area contributed by atoms with E-state index in [0.717, 1.165) is 16.8 Å². The number of nitrogens with two attached hydrogens (primary N) is 1. The predicted molar refractivity (Wildman–Crippen MR) is 129 cm³/mol. The van der Waals surface area contributed by atoms with Gasteiger partial charge in [0.15, 0.2) is 11.6 Å². The molecule has 0 spiro atoms. The Labute approximate surface area is 218 Å². The maximum Gasteiger partial charge on any atom is 0.416 e. The lowest BCUT2D eigenvalue weighted by atomic mass is 10.1. The van der Waals surface area contributed by atoms with Crippen molar-refractivity contribution in [3.8, 4) is 11.5 Å². The highest BCUT2D eigenvalue weighted by molar-refractivity contribution is 9.10. The number of ether oxygens (including phenoxy) is 1. The van der Waals surface area contributed by atoms with E-state index in [1.165, 1.54) is 19.1 Å². The van der Waals surface area contributed by atoms with Crippen molar-refractivity contribution >= 4 is 61.8 Å². The van der Waals surface area contributed by atoms with E-state index in [-0.39, 0.29) is 49.5 Å². The van der Waals surface area contributed by atoms with Gasteiger partial charge >= 0.3 is 6.18 Å². The van der Waals surface area contributed by atoms with Crippen molar-refractivity contribution in [3.63, 3.8) is 0 Å². The van der Waals surface area contributed by atoms with Crippen molar-refractivity contribution in [2.24, 2.45) is 0 Å². The van der Waals surface area contributed by atoms with Crippen LogP contribution in [-0.4, -0.2) is 21.6 Å². The van der Waals surface area contributed by atoms with Gasteiger partial charge in [0.2, 0.25) is 5.91 Å². The van der Waals surface area contributed by atoms with Gasteiger partial charge in [-0.1, -0.05) is 11.6 Å². The van der Waals surface area contributed by atoms with Crippen LogP contribution in [0.2, 0.25) is 5.02 Å². The number of carbonyl (C=O) groups is 2. The van der Waals surface area contributed by atoms with E-state index in [2.05, 4.69) is 26.3 Å². The van der Waals surface area contributed by atoms with Crippen molar-refractivity contribution in [2.45, 2.75) is 13.1 Å². The van der Waals surface area contributed by atoms with Crippen LogP contribution in [0.5, 0.6) is 11.5 Å². The van der Waals surface area contributed by atoms with E-state index in [0.29, 0.717) is 12.1 Å². The second-order valence-corrected chi connectivity index (χ2v) is 8.89. The number of fused-ring (bicyclic) bond motifs is 1. The lowest BCUT2D eigenvalue weighted by Gasteiger charge is -2.16. The molecule has 0 unspecified atom stereocenters. The number of aromatic nitrogens is 2. The Morgan fingerprint density at radius 3 is 2.46 bits per heavy atom. The number of anilines is 2. The minimum atomic E-state index is -4.91. The SMILES string of the molecule is CC(=O)n1nc(N)c2c(Oc3cc(F)ccc3Cl)c(NC(=O)c3cc(F)cc(C(F)(F)F)c3)cc(Br)c21. The highest BCUT2D eigenvalue weighted by Gasteiger charge is 2.32. The summed E-state index contributed by atoms with van der Waals surface area (Å²) in [6, 6.07) is 5.80. The molecule has 1 amide bonds. The molecule has 0 fully saturated rings. The number of benzene rings is 3. The van der Waals surface area contributed by atoms with Gasteiger partial charge in [0.05, 0.1) is 27.2 Å². The third-order valence-corrected chi connectivity index (χ3v) is 5.94. The van der Waals surface area contributed by atoms with Crippen LogP contribution in [0.3, 0.4) is 0 Å². The van der Waals surface area contributed by atoms with E-state index in [9.17, 15) is 31.5 Å². The highest BCUT2D eigenvalue weighted by atomic mass is 79.9. The van der Waals surface area contributed by atoms with Gasteiger partial charge in [0, 0.05) is 23.0 Å². The van der Waals surface area contributed by atoms with E-state index < -0.39 is 40.8 Å². The van der Waals surface area contributed by atoms with Gasteiger partial charge in [-0.25, -0.2) is 8.78 Å². The molecule has 0 aliphatic heterocycles. The van der Waals surface area contributed by atoms with Crippen molar-refractivity contribution in [2.75, 3.05) is 11.1 Å². The summed E-state index contributed by atoms with van der Waals surface area (Å²) in [5, 5.41) is 6.27. The van der Waals surface area contributed by atoms with E-state index in [1.54, 1.807) is 0 Å². The Balaban J connectivity index is 1.90. The van der Waals surface area contributed by atoms with E-state index in [1.807, 2.05) is 0 Å². The summed E-state index contributed by atoms with van der Waals surface area (Å²) in [4.78, 5) is 25.0. The number of nitrogen functional groups attached to an aromatic ring is 1. The Hall–Kier alpha value is -3.71. The summed E-state index contributed by atoms with van der Waals surface area (Å²) >= 11 is 9.36. The molecule has 4 aromatic rings. The van der Waals surface area contributed by atoms with Crippen LogP contribution < -0.4 is 15.8 Å². The third kappa shape index (κ3) is 5.23. The van der Waals surface area contributed by atoms with Crippen LogP contribution >= 0.6 is 27.5 Å². The number of hydrogen-bond acceptors (Lipinski definition) is 5. The molecule has 14 heteroatoms. The fourth-order valence-electron chi connectivity index (χ4n) is 3.45. The summed E-state index contributed by atoms with van der Waals surface area (Å²) < 4.78 is 74.1. The van der Waals surface area contributed by atoms with Gasteiger partial charge in [-0.3, -0.25) is 9.59 Å². The van der Waals surface area contributed by atoms with Crippen LogP contribution in [0, 0.1) is 11.6 Å². The largest absolute Gasteiger partial charge is 0.453 e. The molecule has 0 radical (unpaired) electrons. The number of halogens is 7. The molecule has 192 valence electrons. The summed E-state index contributed by atoms with van der Waals surface area (Å²) in [7, 11) is 0. The maximum atomic E-state index is 13.9. The van der Waals surface area contributed by atoms with Gasteiger partial charge in [-0.05, 0) is 52.3 Å². The number of rotatable bonds is 4. The van der Waals surface area contributed by atoms with Crippen LogP contribution in [0.25, 0.3) is 10.9 Å². The number of alkyl halides is 3. The third-order valence-electron chi connectivity index (χ3n) is 5.02. The number of nitrogens with one attached hydrogen (secondary N) is 1. The molecule has 3 N–H and O–H groups in total. The second kappa shape index (κ2) is 9.63. The Bertz CT molecular complexity index is 1590. The molecule has 0 atom stereocenters. The monoisotopic (exact) mass is 602 g/mol. The molecule has 1 heterocycles. The van der Waals surface area contributed by atoms with Crippen molar-refractivity contribution < 1.29 is 36.3 Å². The summed E-state index contributed by atoms with van der Waals surface area (Å²) in [6.07, 6.45) is -4.91. The zero-order valence-corrected chi connectivity index (χ0v) is 20.7. The minimum Gasteiger partial charge on any atom is -0.453 e. The molecular weight excluding hydrogens is 591 g/mol. The Morgan fingerprint density at radius 2 is 1.81 bits per heavy atom. The number of nitrogens with zero attached hydrogens (tertiary/aromatic N) is 2. The van der Waals surface area contributed by atoms with Crippen LogP contribution in [0.1, 0.15) is 27.6 Å². The molecule has 0 aliphatic carbocycles. The van der Waals surface area contributed by atoms with E-state index in [4.69, 9.17) is 22.1 Å². The standard InChI is InChI=1S/C23H13BrClF5N4O3/c1-9(35)34-19-14(24)8-16(32-22(36)10-4-11(23(28,29)30)6-13(27)5-10)20(18(19)21(31)33-34)37-17-7-12(26)2-3-15(17)25/h2-8H,1H3,(H2,31,33)(H,32,36). The van der Waals surface area contributed by atoms with Crippen molar-refractivity contribution in [1.29, 1.82) is 0 Å². The van der Waals surface area contributed by atoms with Gasteiger partial charge in [0.25, 0.3) is 5.91 Å². The molecule has 7 nitrogen and oxygen atoms in total. The topological polar surface area (TPSA) is 99.2 Å². The quantitative estimate of drug-likeness (QED) is 0.244. The summed E-state index contributed by atoms with van der Waals surface area (Å²) in [6.45, 7) is 1.21. The fraction of sp³-hybridized carbons (Fsp3) is 0.0870. The lowest BCUT2D eigenvalue weighted by molar-refractivity contribution is -0.137. The zero-order valence-electron chi connectivity index (χ0n) is 18.4. The second-order valence-electron chi connectivity index (χ2n) is 7.63. The average Bonchev–Trinajstić information content (AvgIpc) is 3.15. The molecule has 37 heavy (non-hydrogen) atoms. The predicted octanol–water partition coefficient (Wildman–Crippen LogP) is 7.04. The van der Waals surface area contributed by atoms with Crippen LogP contribution in [0.4, 0.5) is 33.5 Å². The van der Waals surface area contributed by atoms with E-state index >= 15 is 0 Å². The summed E-state index contributed by atoms with van der Waals surface area (Å²) in [5.74, 6) is -4.36. The highest BCUT2D eigenvalue weighted by Crippen LogP contribution is 2.45. The zero-order chi connectivity index (χ0) is 27.2. The van der Waals surface area contributed by atoms with Crippen molar-refractivity contribution in [1.82, 2.24) is 9.78 Å². The van der Waals surface area contributed by atoms with Gasteiger partial charge < -0.3 is 15.8 Å². The lowest BCUT2D eigenvalue weighted by Crippen LogP contribution is -2.15. The molecule has 0 saturated carbocycles. The smallest absolute Gasteiger partial charge is 0.416 e. The Kier molecular flexibility index (Phi) is 6.86. The molecule has 0 saturated heterocycles. The first kappa shape index (κ1) is 26.4. The molecule has 0 bridgehead atoms. The van der Waals surface area contributed by atoms with Gasteiger partial charge in [-0.2, -0.15) is 17.9 Å². The first-order valence-electron chi connectivity index (χ1n) is 10.1. The minimum absolute atomic E-state index is 0.00424. The fourth-order valence-corrected chi connectivity index (χ4v) is 4.20. The normalized spacial score (nSPS) is 11.6.